The summed E-state index contributed by atoms with van der Waals surface area (Å²) in [5.74, 6) is 0.0788. The third kappa shape index (κ3) is 4.42. The van der Waals surface area contributed by atoms with Crippen molar-refractivity contribution >= 4 is 12.1 Å². The molecule has 0 aromatic heterocycles. The van der Waals surface area contributed by atoms with Crippen LogP contribution in [0.2, 0.25) is 0 Å². The van der Waals surface area contributed by atoms with Gasteiger partial charge >= 0.3 is 0 Å². The van der Waals surface area contributed by atoms with Crippen LogP contribution in [0.3, 0.4) is 0 Å². The molecule has 0 atom stereocenters. The van der Waals surface area contributed by atoms with Gasteiger partial charge < -0.3 is 4.74 Å². The summed E-state index contributed by atoms with van der Waals surface area (Å²) < 4.78 is 18.4. The molecular formula is C16H15FN2O2. The number of nitrogens with zero attached hydrogens (tertiary/aromatic N) is 1. The van der Waals surface area contributed by atoms with Crippen molar-refractivity contribution in [2.75, 3.05) is 7.11 Å². The van der Waals surface area contributed by atoms with Gasteiger partial charge in [0.2, 0.25) is 5.91 Å². The fourth-order valence-electron chi connectivity index (χ4n) is 1.72. The van der Waals surface area contributed by atoms with Crippen molar-refractivity contribution in [1.29, 1.82) is 0 Å². The third-order valence-corrected chi connectivity index (χ3v) is 2.82. The van der Waals surface area contributed by atoms with E-state index in [0.29, 0.717) is 5.56 Å². The predicted molar refractivity (Wildman–Crippen MR) is 78.8 cm³/mol. The Morgan fingerprint density at radius 1 is 1.24 bits per heavy atom. The van der Waals surface area contributed by atoms with Gasteiger partial charge in [0.1, 0.15) is 11.6 Å². The largest absolute Gasteiger partial charge is 0.497 e. The lowest BCUT2D eigenvalue weighted by Crippen LogP contribution is -2.19. The van der Waals surface area contributed by atoms with Gasteiger partial charge in [-0.2, -0.15) is 5.10 Å². The van der Waals surface area contributed by atoms with Crippen LogP contribution in [0.25, 0.3) is 0 Å². The minimum atomic E-state index is -0.384. The molecule has 0 radical (unpaired) electrons. The number of hydrazone groups is 1. The van der Waals surface area contributed by atoms with Crippen LogP contribution in [0.5, 0.6) is 5.75 Å². The number of carbonyl (C=O) groups excluding carboxylic acids is 1. The molecule has 0 saturated carbocycles. The van der Waals surface area contributed by atoms with Gasteiger partial charge in [0.25, 0.3) is 0 Å². The van der Waals surface area contributed by atoms with Crippen molar-refractivity contribution in [2.45, 2.75) is 6.42 Å². The molecule has 0 aliphatic rings. The van der Waals surface area contributed by atoms with E-state index in [4.69, 9.17) is 4.74 Å². The molecule has 108 valence electrons. The van der Waals surface area contributed by atoms with Gasteiger partial charge in [0.15, 0.2) is 0 Å². The van der Waals surface area contributed by atoms with Gasteiger partial charge in [-0.1, -0.05) is 30.3 Å². The zero-order valence-electron chi connectivity index (χ0n) is 11.5. The number of rotatable bonds is 5. The monoisotopic (exact) mass is 286 g/mol. The summed E-state index contributed by atoms with van der Waals surface area (Å²) >= 11 is 0. The molecule has 0 heterocycles. The Balaban J connectivity index is 1.88. The Labute approximate surface area is 122 Å². The molecule has 0 saturated heterocycles. The summed E-state index contributed by atoms with van der Waals surface area (Å²) in [4.78, 5) is 11.7. The molecule has 21 heavy (non-hydrogen) atoms. The van der Waals surface area contributed by atoms with Gasteiger partial charge in [-0.25, -0.2) is 9.82 Å². The molecule has 2 aromatic carbocycles. The maximum absolute atomic E-state index is 13.3. The number of benzene rings is 2. The van der Waals surface area contributed by atoms with Gasteiger partial charge in [-0.05, 0) is 23.8 Å². The van der Waals surface area contributed by atoms with E-state index in [1.807, 2.05) is 0 Å². The Morgan fingerprint density at radius 3 is 2.62 bits per heavy atom. The van der Waals surface area contributed by atoms with Crippen LogP contribution >= 0.6 is 0 Å². The first kappa shape index (κ1) is 14.7. The fraction of sp³-hybridized carbons (Fsp3) is 0.125. The lowest BCUT2D eigenvalue weighted by Gasteiger charge is -2.02. The van der Waals surface area contributed by atoms with E-state index in [1.165, 1.54) is 12.3 Å². The Hall–Kier alpha value is -2.69. The van der Waals surface area contributed by atoms with Crippen molar-refractivity contribution in [3.05, 3.63) is 65.5 Å². The van der Waals surface area contributed by atoms with Crippen LogP contribution in [0.4, 0.5) is 4.39 Å². The van der Waals surface area contributed by atoms with Crippen LogP contribution in [0.15, 0.2) is 53.6 Å². The number of amides is 1. The molecule has 0 spiro atoms. The first-order valence-electron chi connectivity index (χ1n) is 6.38. The second-order valence-electron chi connectivity index (χ2n) is 4.34. The second kappa shape index (κ2) is 7.19. The molecule has 0 bridgehead atoms. The normalized spacial score (nSPS) is 10.6. The highest BCUT2D eigenvalue weighted by Gasteiger charge is 2.02. The number of carbonyl (C=O) groups is 1. The molecule has 2 rings (SSSR count). The summed E-state index contributed by atoms with van der Waals surface area (Å²) in [5.41, 5.74) is 3.53. The molecular weight excluding hydrogens is 271 g/mol. The number of nitrogens with one attached hydrogen (secondary N) is 1. The zero-order chi connectivity index (χ0) is 15.1. The summed E-state index contributed by atoms with van der Waals surface area (Å²) in [6, 6.07) is 13.4. The number of methoxy groups -OCH3 is 1. The van der Waals surface area contributed by atoms with Gasteiger partial charge in [-0.3, -0.25) is 4.79 Å². The number of halogens is 1. The van der Waals surface area contributed by atoms with E-state index in [0.717, 1.165) is 11.3 Å². The number of hydrogen-bond acceptors (Lipinski definition) is 3. The van der Waals surface area contributed by atoms with Crippen LogP contribution in [0, 0.1) is 5.82 Å². The molecule has 2 aromatic rings. The minimum Gasteiger partial charge on any atom is -0.497 e. The van der Waals surface area contributed by atoms with Crippen molar-refractivity contribution in [1.82, 2.24) is 5.43 Å². The quantitative estimate of drug-likeness (QED) is 0.678. The summed E-state index contributed by atoms with van der Waals surface area (Å²) in [6.07, 6.45) is 1.47. The highest BCUT2D eigenvalue weighted by Crippen LogP contribution is 2.11. The predicted octanol–water partition coefficient (Wildman–Crippen LogP) is 2.53. The number of ether oxygens (including phenoxy) is 1. The van der Waals surface area contributed by atoms with Gasteiger partial charge in [0.05, 0.1) is 19.7 Å². The van der Waals surface area contributed by atoms with E-state index >= 15 is 0 Å². The van der Waals surface area contributed by atoms with Gasteiger partial charge in [-0.15, -0.1) is 0 Å². The van der Waals surface area contributed by atoms with Crippen LogP contribution in [-0.4, -0.2) is 19.2 Å². The Kier molecular flexibility index (Phi) is 5.04. The third-order valence-electron chi connectivity index (χ3n) is 2.82. The Bertz CT molecular complexity index is 639. The summed E-state index contributed by atoms with van der Waals surface area (Å²) in [5, 5.41) is 3.74. The fourth-order valence-corrected chi connectivity index (χ4v) is 1.72. The molecule has 0 fully saturated rings. The highest BCUT2D eigenvalue weighted by atomic mass is 19.1. The maximum atomic E-state index is 13.3. The molecule has 4 nitrogen and oxygen atoms in total. The van der Waals surface area contributed by atoms with E-state index in [1.54, 1.807) is 49.6 Å². The lowest BCUT2D eigenvalue weighted by atomic mass is 10.1. The second-order valence-corrected chi connectivity index (χ2v) is 4.34. The van der Waals surface area contributed by atoms with Crippen LogP contribution in [0.1, 0.15) is 11.1 Å². The van der Waals surface area contributed by atoms with Crippen molar-refractivity contribution < 1.29 is 13.9 Å². The van der Waals surface area contributed by atoms with E-state index in [-0.39, 0.29) is 18.1 Å². The highest BCUT2D eigenvalue weighted by molar-refractivity contribution is 5.83. The topological polar surface area (TPSA) is 50.7 Å². The molecule has 0 aliphatic heterocycles. The average Bonchev–Trinajstić information content (AvgIpc) is 2.50. The lowest BCUT2D eigenvalue weighted by molar-refractivity contribution is -0.120. The average molecular weight is 286 g/mol. The first-order valence-corrected chi connectivity index (χ1v) is 6.38. The summed E-state index contributed by atoms with van der Waals surface area (Å²) in [7, 11) is 1.58. The molecule has 0 aliphatic carbocycles. The van der Waals surface area contributed by atoms with E-state index in [9.17, 15) is 9.18 Å². The standard InChI is InChI=1S/C16H15FN2O2/c1-21-14-8-6-12(7-9-14)10-16(20)19-18-11-13-4-2-3-5-15(13)17/h2-9,11H,10H2,1H3,(H,19,20)/b18-11+. The number of hydrogen-bond donors (Lipinski definition) is 1. The molecule has 1 amide bonds. The Morgan fingerprint density at radius 2 is 1.95 bits per heavy atom. The first-order chi connectivity index (χ1) is 10.2. The maximum Gasteiger partial charge on any atom is 0.244 e. The van der Waals surface area contributed by atoms with Crippen LogP contribution < -0.4 is 10.2 Å². The van der Waals surface area contributed by atoms with Crippen molar-refractivity contribution in [2.24, 2.45) is 5.10 Å². The van der Waals surface area contributed by atoms with Crippen molar-refractivity contribution in [3.63, 3.8) is 0 Å². The molecule has 1 N–H and O–H groups in total. The summed E-state index contributed by atoms with van der Waals surface area (Å²) in [6.45, 7) is 0. The van der Waals surface area contributed by atoms with E-state index < -0.39 is 0 Å². The smallest absolute Gasteiger partial charge is 0.244 e. The minimum absolute atomic E-state index is 0.193. The van der Waals surface area contributed by atoms with E-state index in [2.05, 4.69) is 10.5 Å². The SMILES string of the molecule is COc1ccc(CC(=O)N/N=C/c2ccccc2F)cc1. The van der Waals surface area contributed by atoms with Crippen molar-refractivity contribution in [3.8, 4) is 5.75 Å². The molecule has 0 unspecified atom stereocenters. The van der Waals surface area contributed by atoms with Crippen LogP contribution in [-0.2, 0) is 11.2 Å². The zero-order valence-corrected chi connectivity index (χ0v) is 11.5. The van der Waals surface area contributed by atoms with Gasteiger partial charge in [0, 0.05) is 5.56 Å². The molecule has 5 heteroatoms.